The summed E-state index contributed by atoms with van der Waals surface area (Å²) in [6.45, 7) is 3.99. The maximum Gasteiger partial charge on any atom is 0.220 e. The molecule has 0 fully saturated rings. The summed E-state index contributed by atoms with van der Waals surface area (Å²) in [5, 5.41) is 21.6. The smallest absolute Gasteiger partial charge is 0.220 e. The van der Waals surface area contributed by atoms with Crippen molar-refractivity contribution in [3.63, 3.8) is 0 Å². The predicted octanol–water partition coefficient (Wildman–Crippen LogP) is 7.62. The van der Waals surface area contributed by atoms with Gasteiger partial charge in [-0.1, -0.05) is 58.7 Å². The van der Waals surface area contributed by atoms with Gasteiger partial charge in [0, 0.05) is 15.6 Å². The highest BCUT2D eigenvalue weighted by Gasteiger charge is 2.25. The standard InChI is InChI=1S/C26H23Cl3N4O4S/c1-3-36-24-13-18(5-11-23(24)37-15-17-4-10-21(28)22(29)12-17)25(14-32(34)35)38-26-31-30-16(2)33(26)20-8-6-19(27)7-9-20/h4-13,25H,3,14-15H2,1-2H3/t25-/m1/s1. The van der Waals surface area contributed by atoms with E-state index in [0.29, 0.717) is 49.7 Å². The molecule has 0 saturated carbocycles. The van der Waals surface area contributed by atoms with Crippen molar-refractivity contribution in [1.82, 2.24) is 14.8 Å². The second kappa shape index (κ2) is 12.7. The van der Waals surface area contributed by atoms with Crippen LogP contribution < -0.4 is 9.47 Å². The van der Waals surface area contributed by atoms with Crippen molar-refractivity contribution >= 4 is 46.6 Å². The normalized spacial score (nSPS) is 11.8. The molecule has 198 valence electrons. The molecule has 0 radical (unpaired) electrons. The lowest BCUT2D eigenvalue weighted by Crippen LogP contribution is -2.11. The molecule has 0 aliphatic carbocycles. The molecule has 0 amide bonds. The highest BCUT2D eigenvalue weighted by atomic mass is 35.5. The molecule has 0 saturated heterocycles. The quantitative estimate of drug-likeness (QED) is 0.100. The Morgan fingerprint density at radius 1 is 0.974 bits per heavy atom. The van der Waals surface area contributed by atoms with Crippen molar-refractivity contribution < 1.29 is 14.4 Å². The molecule has 0 unspecified atom stereocenters. The van der Waals surface area contributed by atoms with Crippen LogP contribution in [0.3, 0.4) is 0 Å². The summed E-state index contributed by atoms with van der Waals surface area (Å²) in [5.41, 5.74) is 2.34. The number of nitrogens with zero attached hydrogens (tertiary/aromatic N) is 4. The van der Waals surface area contributed by atoms with Crippen molar-refractivity contribution in [1.29, 1.82) is 0 Å². The molecule has 0 aliphatic rings. The van der Waals surface area contributed by atoms with Gasteiger partial charge < -0.3 is 9.47 Å². The van der Waals surface area contributed by atoms with Crippen molar-refractivity contribution in [3.8, 4) is 17.2 Å². The molecule has 0 N–H and O–H groups in total. The molecule has 0 spiro atoms. The molecule has 0 bridgehead atoms. The van der Waals surface area contributed by atoms with E-state index in [1.54, 1.807) is 42.5 Å². The fourth-order valence-corrected chi connectivity index (χ4v) is 5.29. The fourth-order valence-electron chi connectivity index (χ4n) is 3.68. The van der Waals surface area contributed by atoms with Crippen LogP contribution in [-0.2, 0) is 6.61 Å². The van der Waals surface area contributed by atoms with Crippen LogP contribution in [0.5, 0.6) is 11.5 Å². The van der Waals surface area contributed by atoms with E-state index >= 15 is 0 Å². The molecular formula is C26H23Cl3N4O4S. The van der Waals surface area contributed by atoms with E-state index < -0.39 is 5.25 Å². The molecular weight excluding hydrogens is 571 g/mol. The Hall–Kier alpha value is -2.98. The average molecular weight is 594 g/mol. The van der Waals surface area contributed by atoms with Gasteiger partial charge in [-0.3, -0.25) is 14.7 Å². The largest absolute Gasteiger partial charge is 0.490 e. The number of rotatable bonds is 11. The van der Waals surface area contributed by atoms with Crippen molar-refractivity contribution in [2.75, 3.05) is 13.2 Å². The monoisotopic (exact) mass is 592 g/mol. The average Bonchev–Trinajstić information content (AvgIpc) is 3.25. The zero-order valence-corrected chi connectivity index (χ0v) is 23.5. The van der Waals surface area contributed by atoms with E-state index in [1.165, 1.54) is 11.8 Å². The van der Waals surface area contributed by atoms with Gasteiger partial charge in [-0.05, 0) is 73.5 Å². The first-order chi connectivity index (χ1) is 18.2. The van der Waals surface area contributed by atoms with Gasteiger partial charge in [0.2, 0.25) is 6.54 Å². The predicted molar refractivity (Wildman–Crippen MR) is 150 cm³/mol. The molecule has 3 aromatic carbocycles. The number of halogens is 3. The summed E-state index contributed by atoms with van der Waals surface area (Å²) in [4.78, 5) is 11.3. The molecule has 1 heterocycles. The number of thioether (sulfide) groups is 1. The van der Waals surface area contributed by atoms with Gasteiger partial charge in [-0.2, -0.15) is 0 Å². The lowest BCUT2D eigenvalue weighted by atomic mass is 10.1. The zero-order chi connectivity index (χ0) is 27.2. The number of hydrogen-bond donors (Lipinski definition) is 0. The second-order valence-corrected chi connectivity index (χ2v) is 10.6. The first kappa shape index (κ1) is 28.0. The van der Waals surface area contributed by atoms with Crippen molar-refractivity contribution in [2.45, 2.75) is 30.9 Å². The molecule has 12 heteroatoms. The molecule has 0 aliphatic heterocycles. The minimum Gasteiger partial charge on any atom is -0.490 e. The lowest BCUT2D eigenvalue weighted by molar-refractivity contribution is -0.479. The molecule has 38 heavy (non-hydrogen) atoms. The first-order valence-corrected chi connectivity index (χ1v) is 13.6. The van der Waals surface area contributed by atoms with E-state index in [-0.39, 0.29) is 18.1 Å². The highest BCUT2D eigenvalue weighted by Crippen LogP contribution is 2.40. The van der Waals surface area contributed by atoms with Crippen LogP contribution in [0.2, 0.25) is 15.1 Å². The Kier molecular flexibility index (Phi) is 9.38. The van der Waals surface area contributed by atoms with E-state index in [1.807, 2.05) is 36.6 Å². The van der Waals surface area contributed by atoms with Gasteiger partial charge >= 0.3 is 0 Å². The SMILES string of the molecule is CCOc1cc([C@@H](C[N+](=O)[O-])Sc2nnc(C)n2-c2ccc(Cl)cc2)ccc1OCc1ccc(Cl)c(Cl)c1. The second-order valence-electron chi connectivity index (χ2n) is 8.14. The summed E-state index contributed by atoms with van der Waals surface area (Å²) in [6, 6.07) is 17.8. The minimum absolute atomic E-state index is 0.243. The number of aryl methyl sites for hydroxylation is 1. The van der Waals surface area contributed by atoms with E-state index in [9.17, 15) is 10.1 Å². The third-order valence-electron chi connectivity index (χ3n) is 5.46. The summed E-state index contributed by atoms with van der Waals surface area (Å²) in [7, 11) is 0. The van der Waals surface area contributed by atoms with Crippen LogP contribution in [0.25, 0.3) is 5.69 Å². The number of benzene rings is 3. The summed E-state index contributed by atoms with van der Waals surface area (Å²) in [6.07, 6.45) is 0. The van der Waals surface area contributed by atoms with Gasteiger partial charge in [-0.15, -0.1) is 10.2 Å². The van der Waals surface area contributed by atoms with Crippen LogP contribution in [0.1, 0.15) is 29.1 Å². The molecule has 4 rings (SSSR count). The van der Waals surface area contributed by atoms with Gasteiger partial charge in [0.25, 0.3) is 0 Å². The Labute approximate surface area is 239 Å². The van der Waals surface area contributed by atoms with Crippen LogP contribution in [-0.4, -0.2) is 32.8 Å². The van der Waals surface area contributed by atoms with Gasteiger partial charge in [-0.25, -0.2) is 0 Å². The van der Waals surface area contributed by atoms with Crippen LogP contribution in [0.4, 0.5) is 0 Å². The third-order valence-corrected chi connectivity index (χ3v) is 7.63. The maximum atomic E-state index is 11.6. The molecule has 8 nitrogen and oxygen atoms in total. The summed E-state index contributed by atoms with van der Waals surface area (Å²) >= 11 is 19.4. The zero-order valence-electron chi connectivity index (χ0n) is 20.4. The van der Waals surface area contributed by atoms with Crippen LogP contribution in [0.15, 0.2) is 65.8 Å². The molecule has 4 aromatic rings. The minimum atomic E-state index is -0.567. The maximum absolute atomic E-state index is 11.6. The van der Waals surface area contributed by atoms with Crippen molar-refractivity contribution in [3.05, 3.63) is 103 Å². The number of ether oxygens (including phenoxy) is 2. The number of hydrogen-bond acceptors (Lipinski definition) is 7. The Morgan fingerprint density at radius 3 is 2.42 bits per heavy atom. The third kappa shape index (κ3) is 6.91. The van der Waals surface area contributed by atoms with E-state index in [0.717, 1.165) is 11.3 Å². The summed E-state index contributed by atoms with van der Waals surface area (Å²) in [5.74, 6) is 1.64. The van der Waals surface area contributed by atoms with Gasteiger partial charge in [0.15, 0.2) is 16.7 Å². The first-order valence-electron chi connectivity index (χ1n) is 11.5. The highest BCUT2D eigenvalue weighted by molar-refractivity contribution is 7.99. The lowest BCUT2D eigenvalue weighted by Gasteiger charge is -2.17. The Bertz CT molecular complexity index is 1430. The van der Waals surface area contributed by atoms with E-state index in [2.05, 4.69) is 10.2 Å². The van der Waals surface area contributed by atoms with Crippen molar-refractivity contribution in [2.24, 2.45) is 0 Å². The van der Waals surface area contributed by atoms with Gasteiger partial charge in [0.05, 0.1) is 16.7 Å². The fraction of sp³-hybridized carbons (Fsp3) is 0.231. The molecule has 1 aromatic heterocycles. The topological polar surface area (TPSA) is 92.3 Å². The van der Waals surface area contributed by atoms with E-state index in [4.69, 9.17) is 44.3 Å². The summed E-state index contributed by atoms with van der Waals surface area (Å²) < 4.78 is 13.7. The van der Waals surface area contributed by atoms with Gasteiger partial charge in [0.1, 0.15) is 17.7 Å². The van der Waals surface area contributed by atoms with Crippen LogP contribution in [0, 0.1) is 17.0 Å². The number of aromatic nitrogens is 3. The van der Waals surface area contributed by atoms with Crippen LogP contribution >= 0.6 is 46.6 Å². The Balaban J connectivity index is 1.61. The molecule has 1 atom stereocenters. The Morgan fingerprint density at radius 2 is 1.74 bits per heavy atom. The number of nitro groups is 1.